The summed E-state index contributed by atoms with van der Waals surface area (Å²) >= 11 is 3.40. The van der Waals surface area contributed by atoms with Crippen LogP contribution in [0.25, 0.3) is 99.8 Å². The lowest BCUT2D eigenvalue weighted by Crippen LogP contribution is -2.10. The second-order valence-electron chi connectivity index (χ2n) is 22.2. The summed E-state index contributed by atoms with van der Waals surface area (Å²) in [6.07, 6.45) is 9.17. The van der Waals surface area contributed by atoms with Crippen LogP contribution in [0.2, 0.25) is 0 Å². The first-order valence-electron chi connectivity index (χ1n) is 30.8. The topological polar surface area (TPSA) is 38.9 Å². The maximum Gasteiger partial charge on any atom is 0.0701 e. The Hall–Kier alpha value is -11.6. The van der Waals surface area contributed by atoms with Gasteiger partial charge in [-0.1, -0.05) is 234 Å². The zero-order valence-corrected chi connectivity index (χ0v) is 52.5. The van der Waals surface area contributed by atoms with Gasteiger partial charge in [0, 0.05) is 78.0 Å². The van der Waals surface area contributed by atoms with E-state index in [1.54, 1.807) is 13.1 Å². The number of nitrogens with zero attached hydrogens (tertiary/aromatic N) is 5. The van der Waals surface area contributed by atoms with Crippen LogP contribution in [-0.2, 0) is 6.42 Å². The predicted octanol–water partition coefficient (Wildman–Crippen LogP) is 23.2. The number of halogens is 1. The quantitative estimate of drug-likeness (QED) is 0.121. The maximum atomic E-state index is 4.60. The van der Waals surface area contributed by atoms with Crippen molar-refractivity contribution in [3.63, 3.8) is 0 Å². The Morgan fingerprint density at radius 2 is 0.598 bits per heavy atom. The Labute approximate surface area is 546 Å². The molecule has 16 rings (SSSR count). The lowest BCUT2D eigenvalue weighted by molar-refractivity contribution is 1.15. The molecule has 0 aliphatic heterocycles. The molecule has 4 aromatic heterocycles. The van der Waals surface area contributed by atoms with Gasteiger partial charge >= 0.3 is 0 Å². The van der Waals surface area contributed by atoms with Gasteiger partial charge in [0.25, 0.3) is 0 Å². The van der Waals surface area contributed by atoms with Crippen LogP contribution in [0.1, 0.15) is 18.1 Å². The number of hydrogen-bond acceptors (Lipinski definition) is 3. The molecule has 12 aromatic carbocycles. The summed E-state index contributed by atoms with van der Waals surface area (Å²) in [7, 11) is 0. The lowest BCUT2D eigenvalue weighted by Gasteiger charge is -2.26. The van der Waals surface area contributed by atoms with Gasteiger partial charge in [0.1, 0.15) is 0 Å². The molecule has 16 aromatic rings. The average molecular weight is 1250 g/mol. The molecule has 0 amide bonds. The molecule has 5 nitrogen and oxygen atoms in total. The number of fused-ring (bicyclic) bond motifs is 6. The highest BCUT2D eigenvalue weighted by Crippen LogP contribution is 2.39. The van der Waals surface area contributed by atoms with E-state index >= 15 is 0 Å². The van der Waals surface area contributed by atoms with E-state index in [0.29, 0.717) is 0 Å². The molecule has 4 heterocycles. The molecule has 92 heavy (non-hydrogen) atoms. The van der Waals surface area contributed by atoms with Gasteiger partial charge in [-0.2, -0.15) is 0 Å². The van der Waals surface area contributed by atoms with E-state index in [2.05, 4.69) is 331 Å². The molecule has 0 spiro atoms. The fraction of sp³-hybridized carbons (Fsp3) is 0.0233. The Morgan fingerprint density at radius 3 is 0.967 bits per heavy atom. The van der Waals surface area contributed by atoms with Crippen LogP contribution in [0.3, 0.4) is 0 Å². The summed E-state index contributed by atoms with van der Waals surface area (Å²) < 4.78 is 5.81. The van der Waals surface area contributed by atoms with Gasteiger partial charge in [-0.3, -0.25) is 9.97 Å². The Kier molecular flexibility index (Phi) is 18.2. The van der Waals surface area contributed by atoms with E-state index in [1.165, 1.54) is 82.7 Å². The van der Waals surface area contributed by atoms with Gasteiger partial charge in [0.2, 0.25) is 0 Å². The number of hydrogen-bond donors (Lipinski definition) is 0. The van der Waals surface area contributed by atoms with E-state index in [-0.39, 0.29) is 0 Å². The molecule has 0 saturated carbocycles. The van der Waals surface area contributed by atoms with Crippen LogP contribution in [0.5, 0.6) is 0 Å². The van der Waals surface area contributed by atoms with E-state index in [0.717, 1.165) is 56.2 Å². The Bertz CT molecular complexity index is 4890. The number of aromatic nitrogens is 4. The summed E-state index contributed by atoms with van der Waals surface area (Å²) in [5.41, 5.74) is 22.3. The van der Waals surface area contributed by atoms with Crippen LogP contribution < -0.4 is 4.90 Å². The minimum absolute atomic E-state index is 0.933. The highest BCUT2D eigenvalue weighted by molar-refractivity contribution is 9.10. The van der Waals surface area contributed by atoms with Crippen LogP contribution >= 0.6 is 15.9 Å². The van der Waals surface area contributed by atoms with Crippen LogP contribution in [0.15, 0.2) is 357 Å². The second-order valence-corrected chi connectivity index (χ2v) is 23.1. The van der Waals surface area contributed by atoms with E-state index in [9.17, 15) is 0 Å². The molecule has 440 valence electrons. The zero-order valence-electron chi connectivity index (χ0n) is 50.9. The van der Waals surface area contributed by atoms with Gasteiger partial charge in [0.15, 0.2) is 0 Å². The third-order valence-corrected chi connectivity index (χ3v) is 16.8. The summed E-state index contributed by atoms with van der Waals surface area (Å²) in [6.45, 7) is 1.65. The second kappa shape index (κ2) is 28.3. The molecule has 0 fully saturated rings. The summed E-state index contributed by atoms with van der Waals surface area (Å²) in [6, 6.07) is 120. The third-order valence-electron chi connectivity index (χ3n) is 16.3. The highest BCUT2D eigenvalue weighted by Gasteiger charge is 2.17. The molecule has 0 saturated heterocycles. The van der Waals surface area contributed by atoms with Crippen molar-refractivity contribution in [2.45, 2.75) is 13.3 Å². The SMILES string of the molecule is Brc1ccc(-c2ccccn2)cc1.C#CC.c1ccc(-c2ccc(Cc3ccc(-n4c5ccccc5c5ccccc54)cc3)cc2)cc1.c1ccc(-c2ccc(N(c3ccc(-c4ccccn4)cc3)c3ccc(-n4c5ccccc5c5ccccc54)cc3)cc2)cc1. The number of benzene rings is 12. The third kappa shape index (κ3) is 13.2. The van der Waals surface area contributed by atoms with Crippen LogP contribution in [-0.4, -0.2) is 19.1 Å². The van der Waals surface area contributed by atoms with Crippen molar-refractivity contribution in [3.8, 4) is 68.5 Å². The molecule has 0 unspecified atom stereocenters. The zero-order chi connectivity index (χ0) is 62.4. The number of para-hydroxylation sites is 4. The van der Waals surface area contributed by atoms with Gasteiger partial charge in [0.05, 0.1) is 33.5 Å². The molecule has 0 atom stereocenters. The standard InChI is InChI=1S/C41H29N3.C31H23N.C11H8BrN.C3H4/c1-2-10-30(11-3-1)31-17-21-33(22-18-31)43(34-23-19-32(20-24-34)39-14-8-9-29-42-39)35-25-27-36(28-26-35)44-40-15-6-4-12-37(40)38-13-5-7-16-41(38)44;1-2-8-25(9-3-1)26-18-14-23(15-19-26)22-24-16-20-27(21-17-24)32-30-12-6-4-10-28(30)29-11-5-7-13-31(29)32;12-10-6-4-9(5-7-10)11-3-1-2-8-13-11;1-3-2/h1-29H;1-21H,22H2;1-8H;1H,2H3. The van der Waals surface area contributed by atoms with Gasteiger partial charge < -0.3 is 14.0 Å². The maximum absolute atomic E-state index is 4.60. The lowest BCUT2D eigenvalue weighted by atomic mass is 10.0. The van der Waals surface area contributed by atoms with Gasteiger partial charge in [-0.15, -0.1) is 12.3 Å². The van der Waals surface area contributed by atoms with Gasteiger partial charge in [-0.25, -0.2) is 0 Å². The predicted molar refractivity (Wildman–Crippen MR) is 391 cm³/mol. The molecule has 0 aliphatic carbocycles. The minimum Gasteiger partial charge on any atom is -0.311 e. The summed E-state index contributed by atoms with van der Waals surface area (Å²) in [5.74, 6) is 2.25. The van der Waals surface area contributed by atoms with E-state index in [4.69, 9.17) is 0 Å². The molecule has 0 aliphatic rings. The van der Waals surface area contributed by atoms with E-state index < -0.39 is 0 Å². The fourth-order valence-electron chi connectivity index (χ4n) is 11.9. The number of terminal acetylenes is 1. The molecule has 6 heteroatoms. The normalized spacial score (nSPS) is 10.8. The fourth-order valence-corrected chi connectivity index (χ4v) is 12.2. The smallest absolute Gasteiger partial charge is 0.0701 e. The van der Waals surface area contributed by atoms with Gasteiger partial charge in [-0.05, 0) is 168 Å². The molecular formula is C86H64BrN5. The van der Waals surface area contributed by atoms with Crippen molar-refractivity contribution in [2.75, 3.05) is 4.90 Å². The van der Waals surface area contributed by atoms with Crippen molar-refractivity contribution in [2.24, 2.45) is 0 Å². The van der Waals surface area contributed by atoms with Crippen molar-refractivity contribution >= 4 is 76.6 Å². The number of rotatable bonds is 11. The summed E-state index contributed by atoms with van der Waals surface area (Å²) in [5, 5.41) is 5.12. The molecule has 0 N–H and O–H groups in total. The van der Waals surface area contributed by atoms with Crippen molar-refractivity contribution in [3.05, 3.63) is 368 Å². The van der Waals surface area contributed by atoms with Crippen molar-refractivity contribution < 1.29 is 0 Å². The molecule has 0 radical (unpaired) electrons. The first kappa shape index (κ1) is 59.3. The van der Waals surface area contributed by atoms with Crippen LogP contribution in [0.4, 0.5) is 17.1 Å². The molecular weight excluding hydrogens is 1180 g/mol. The van der Waals surface area contributed by atoms with Crippen molar-refractivity contribution in [1.29, 1.82) is 0 Å². The number of pyridine rings is 2. The largest absolute Gasteiger partial charge is 0.311 e. The number of anilines is 3. The molecule has 0 bridgehead atoms. The minimum atomic E-state index is 0.933. The highest BCUT2D eigenvalue weighted by atomic mass is 79.9. The van der Waals surface area contributed by atoms with Crippen LogP contribution in [0, 0.1) is 12.3 Å². The van der Waals surface area contributed by atoms with E-state index in [1.807, 2.05) is 66.9 Å². The Morgan fingerprint density at radius 1 is 0.315 bits per heavy atom. The Balaban J connectivity index is 0.000000140. The summed E-state index contributed by atoms with van der Waals surface area (Å²) in [4.78, 5) is 11.1. The first-order chi connectivity index (χ1) is 45.5. The van der Waals surface area contributed by atoms with Crippen molar-refractivity contribution in [1.82, 2.24) is 19.1 Å². The monoisotopic (exact) mass is 1250 g/mol. The first-order valence-corrected chi connectivity index (χ1v) is 31.6. The average Bonchev–Trinajstić information content (AvgIpc) is 1.61.